The Bertz CT molecular complexity index is 575. The predicted octanol–water partition coefficient (Wildman–Crippen LogP) is 3.83. The summed E-state index contributed by atoms with van der Waals surface area (Å²) in [4.78, 5) is 8.42. The molecule has 1 aromatic carbocycles. The molecule has 1 N–H and O–H groups in total. The number of anilines is 1. The highest BCUT2D eigenvalue weighted by atomic mass is 35.5. The van der Waals surface area contributed by atoms with E-state index in [9.17, 15) is 4.39 Å². The van der Waals surface area contributed by atoms with Gasteiger partial charge in [0.15, 0.2) is 5.16 Å². The van der Waals surface area contributed by atoms with E-state index >= 15 is 0 Å². The van der Waals surface area contributed by atoms with Crippen LogP contribution in [0.4, 0.5) is 10.2 Å². The summed E-state index contributed by atoms with van der Waals surface area (Å²) in [6, 6.07) is 5.78. The maximum absolute atomic E-state index is 13.0. The van der Waals surface area contributed by atoms with Crippen LogP contribution in [0.25, 0.3) is 0 Å². The molecule has 0 aliphatic carbocycles. The van der Waals surface area contributed by atoms with E-state index in [1.165, 1.54) is 30.0 Å². The first-order valence-electron chi connectivity index (χ1n) is 5.36. The number of nitrogens with zero attached hydrogens (tertiary/aromatic N) is 2. The minimum absolute atomic E-state index is 0.00508. The van der Waals surface area contributed by atoms with Gasteiger partial charge in [-0.15, -0.1) is 0 Å². The Kier molecular flexibility index (Phi) is 4.44. The van der Waals surface area contributed by atoms with Crippen molar-refractivity contribution >= 4 is 29.2 Å². The standard InChI is InChI=1S/C12H11ClFN3OS/c1-15-10-6-11(17-12(16-10)19-2)18-7-3-4-9(14)8(13)5-7/h3-6H,1-2H3,(H,15,16,17). The van der Waals surface area contributed by atoms with E-state index in [-0.39, 0.29) is 5.02 Å². The predicted molar refractivity (Wildman–Crippen MR) is 74.8 cm³/mol. The topological polar surface area (TPSA) is 47.0 Å². The van der Waals surface area contributed by atoms with Crippen molar-refractivity contribution in [2.24, 2.45) is 0 Å². The van der Waals surface area contributed by atoms with Crippen LogP contribution in [0.2, 0.25) is 5.02 Å². The van der Waals surface area contributed by atoms with Crippen molar-refractivity contribution < 1.29 is 9.13 Å². The van der Waals surface area contributed by atoms with Gasteiger partial charge in [-0.3, -0.25) is 0 Å². The quantitative estimate of drug-likeness (QED) is 0.687. The first-order valence-corrected chi connectivity index (χ1v) is 6.96. The maximum Gasteiger partial charge on any atom is 0.225 e. The molecule has 100 valence electrons. The number of halogens is 2. The normalized spacial score (nSPS) is 10.3. The van der Waals surface area contributed by atoms with Crippen LogP contribution in [0.15, 0.2) is 29.4 Å². The number of nitrogens with one attached hydrogen (secondary N) is 1. The number of ether oxygens (including phenoxy) is 1. The minimum atomic E-state index is -0.488. The highest BCUT2D eigenvalue weighted by Gasteiger charge is 2.07. The number of benzene rings is 1. The number of rotatable bonds is 4. The lowest BCUT2D eigenvalue weighted by Gasteiger charge is -2.08. The Hall–Kier alpha value is -1.53. The zero-order valence-corrected chi connectivity index (χ0v) is 11.8. The van der Waals surface area contributed by atoms with Crippen molar-refractivity contribution in [3.63, 3.8) is 0 Å². The third-order valence-electron chi connectivity index (χ3n) is 2.23. The van der Waals surface area contributed by atoms with Crippen LogP contribution >= 0.6 is 23.4 Å². The highest BCUT2D eigenvalue weighted by Crippen LogP contribution is 2.27. The molecule has 0 atom stereocenters. The van der Waals surface area contributed by atoms with E-state index in [2.05, 4.69) is 15.3 Å². The zero-order chi connectivity index (χ0) is 13.8. The summed E-state index contributed by atoms with van der Waals surface area (Å²) in [5.41, 5.74) is 0. The minimum Gasteiger partial charge on any atom is -0.439 e. The first kappa shape index (κ1) is 13.9. The molecular formula is C12H11ClFN3OS. The number of hydrogen-bond acceptors (Lipinski definition) is 5. The van der Waals surface area contributed by atoms with Gasteiger partial charge in [-0.2, -0.15) is 4.98 Å². The van der Waals surface area contributed by atoms with E-state index < -0.39 is 5.82 Å². The molecule has 2 aromatic rings. The molecule has 0 bridgehead atoms. The molecule has 0 aliphatic heterocycles. The third-order valence-corrected chi connectivity index (χ3v) is 3.07. The zero-order valence-electron chi connectivity index (χ0n) is 10.3. The lowest BCUT2D eigenvalue weighted by Crippen LogP contribution is -1.98. The fraction of sp³-hybridized carbons (Fsp3) is 0.167. The van der Waals surface area contributed by atoms with Gasteiger partial charge in [-0.1, -0.05) is 23.4 Å². The fourth-order valence-corrected chi connectivity index (χ4v) is 1.88. The average molecular weight is 300 g/mol. The van der Waals surface area contributed by atoms with Crippen molar-refractivity contribution in [1.82, 2.24) is 9.97 Å². The fourth-order valence-electron chi connectivity index (χ4n) is 1.34. The van der Waals surface area contributed by atoms with Gasteiger partial charge < -0.3 is 10.1 Å². The van der Waals surface area contributed by atoms with E-state index in [0.717, 1.165) is 0 Å². The molecule has 0 radical (unpaired) electrons. The van der Waals surface area contributed by atoms with Crippen LogP contribution in [0.1, 0.15) is 0 Å². The monoisotopic (exact) mass is 299 g/mol. The van der Waals surface area contributed by atoms with Gasteiger partial charge in [0.1, 0.15) is 17.4 Å². The summed E-state index contributed by atoms with van der Waals surface area (Å²) in [5.74, 6) is 0.936. The second-order valence-corrected chi connectivity index (χ2v) is 4.69. The second-order valence-electron chi connectivity index (χ2n) is 3.51. The number of hydrogen-bond donors (Lipinski definition) is 1. The average Bonchev–Trinajstić information content (AvgIpc) is 2.42. The van der Waals surface area contributed by atoms with E-state index in [4.69, 9.17) is 16.3 Å². The molecule has 0 spiro atoms. The van der Waals surface area contributed by atoms with Crippen LogP contribution in [0.3, 0.4) is 0 Å². The molecule has 7 heteroatoms. The van der Waals surface area contributed by atoms with E-state index in [1.807, 2.05) is 6.26 Å². The molecule has 1 aromatic heterocycles. The Balaban J connectivity index is 2.29. The molecule has 0 saturated carbocycles. The molecule has 0 saturated heterocycles. The van der Waals surface area contributed by atoms with Gasteiger partial charge in [-0.25, -0.2) is 9.37 Å². The van der Waals surface area contributed by atoms with Gasteiger partial charge in [0.2, 0.25) is 5.88 Å². The van der Waals surface area contributed by atoms with Crippen molar-refractivity contribution in [3.8, 4) is 11.6 Å². The van der Waals surface area contributed by atoms with Crippen LogP contribution < -0.4 is 10.1 Å². The summed E-state index contributed by atoms with van der Waals surface area (Å²) >= 11 is 7.09. The molecule has 19 heavy (non-hydrogen) atoms. The van der Waals surface area contributed by atoms with Gasteiger partial charge in [-0.05, 0) is 18.4 Å². The molecular weight excluding hydrogens is 289 g/mol. The Morgan fingerprint density at radius 2 is 2.11 bits per heavy atom. The summed E-state index contributed by atoms with van der Waals surface area (Å²) in [6.07, 6.45) is 1.87. The third kappa shape index (κ3) is 3.48. The Morgan fingerprint density at radius 3 is 2.74 bits per heavy atom. The molecule has 0 fully saturated rings. The molecule has 2 rings (SSSR count). The van der Waals surface area contributed by atoms with Crippen molar-refractivity contribution in [2.45, 2.75) is 5.16 Å². The largest absolute Gasteiger partial charge is 0.439 e. The van der Waals surface area contributed by atoms with Crippen molar-refractivity contribution in [3.05, 3.63) is 35.1 Å². The van der Waals surface area contributed by atoms with Crippen LogP contribution in [-0.4, -0.2) is 23.3 Å². The lowest BCUT2D eigenvalue weighted by molar-refractivity contribution is 0.454. The van der Waals surface area contributed by atoms with E-state index in [1.54, 1.807) is 13.1 Å². The van der Waals surface area contributed by atoms with Crippen molar-refractivity contribution in [2.75, 3.05) is 18.6 Å². The first-order chi connectivity index (χ1) is 9.12. The molecule has 1 heterocycles. The van der Waals surface area contributed by atoms with Gasteiger partial charge in [0, 0.05) is 19.2 Å². The van der Waals surface area contributed by atoms with Crippen molar-refractivity contribution in [1.29, 1.82) is 0 Å². The Morgan fingerprint density at radius 1 is 1.32 bits per heavy atom. The smallest absolute Gasteiger partial charge is 0.225 e. The molecule has 4 nitrogen and oxygen atoms in total. The van der Waals surface area contributed by atoms with E-state index in [0.29, 0.717) is 22.6 Å². The number of thioether (sulfide) groups is 1. The number of aromatic nitrogens is 2. The molecule has 0 amide bonds. The van der Waals surface area contributed by atoms with Crippen LogP contribution in [0.5, 0.6) is 11.6 Å². The summed E-state index contributed by atoms with van der Waals surface area (Å²) in [5, 5.41) is 3.50. The van der Waals surface area contributed by atoms with Gasteiger partial charge in [0.05, 0.1) is 5.02 Å². The summed E-state index contributed by atoms with van der Waals surface area (Å²) < 4.78 is 18.6. The van der Waals surface area contributed by atoms with Gasteiger partial charge >= 0.3 is 0 Å². The van der Waals surface area contributed by atoms with Crippen LogP contribution in [-0.2, 0) is 0 Å². The SMILES string of the molecule is CNc1cc(Oc2ccc(F)c(Cl)c2)nc(SC)n1. The summed E-state index contributed by atoms with van der Waals surface area (Å²) in [7, 11) is 1.75. The van der Waals surface area contributed by atoms with Gasteiger partial charge in [0.25, 0.3) is 0 Å². The second kappa shape index (κ2) is 6.08. The summed E-state index contributed by atoms with van der Waals surface area (Å²) in [6.45, 7) is 0. The highest BCUT2D eigenvalue weighted by molar-refractivity contribution is 7.98. The molecule has 0 unspecified atom stereocenters. The molecule has 0 aliphatic rings. The lowest BCUT2D eigenvalue weighted by atomic mass is 10.3. The maximum atomic E-state index is 13.0. The van der Waals surface area contributed by atoms with Crippen LogP contribution in [0, 0.1) is 5.82 Å². The Labute approximate surface area is 119 Å².